The van der Waals surface area contributed by atoms with E-state index in [1.807, 2.05) is 6.07 Å². The maximum atomic E-state index is 15.3. The molecule has 37 heavy (non-hydrogen) atoms. The van der Waals surface area contributed by atoms with Gasteiger partial charge in [0.1, 0.15) is 20.5 Å². The summed E-state index contributed by atoms with van der Waals surface area (Å²) in [4.78, 5) is 4.96. The average Bonchev–Trinajstić information content (AvgIpc) is 3.43. The van der Waals surface area contributed by atoms with Gasteiger partial charge in [-0.25, -0.2) is 17.8 Å². The molecular formula is C23H18Cl2FN5O4S2. The summed E-state index contributed by atoms with van der Waals surface area (Å²) in [6.45, 7) is 1.97. The minimum Gasteiger partial charge on any atom is -0.453 e. The summed E-state index contributed by atoms with van der Waals surface area (Å²) in [5.74, 6) is -0.471. The van der Waals surface area contributed by atoms with Crippen molar-refractivity contribution in [1.29, 1.82) is 5.26 Å². The number of nitrogens with one attached hydrogen (secondary N) is 1. The molecule has 0 atom stereocenters. The molecule has 4 aromatic rings. The van der Waals surface area contributed by atoms with Crippen LogP contribution < -0.4 is 10.1 Å². The zero-order valence-electron chi connectivity index (χ0n) is 19.4. The Morgan fingerprint density at radius 3 is 2.76 bits per heavy atom. The zero-order valence-corrected chi connectivity index (χ0v) is 22.5. The molecule has 0 spiro atoms. The van der Waals surface area contributed by atoms with E-state index in [4.69, 9.17) is 37.6 Å². The van der Waals surface area contributed by atoms with Crippen molar-refractivity contribution in [2.45, 2.75) is 13.3 Å². The SMILES string of the molecule is Cc1nc(NCCS(C)(=O)=O)sc1-c1nnc(Cc2ccc(Cl)c(Oc3cc(Cl)cc(C#N)c3)c2F)o1. The Bertz CT molecular complexity index is 1620. The number of aryl methyl sites for hydroxylation is 1. The predicted molar refractivity (Wildman–Crippen MR) is 139 cm³/mol. The lowest BCUT2D eigenvalue weighted by Crippen LogP contribution is -2.13. The van der Waals surface area contributed by atoms with Crippen molar-refractivity contribution in [3.8, 4) is 28.3 Å². The summed E-state index contributed by atoms with van der Waals surface area (Å²) in [6.07, 6.45) is 1.12. The highest BCUT2D eigenvalue weighted by molar-refractivity contribution is 7.90. The molecule has 192 valence electrons. The Morgan fingerprint density at radius 1 is 1.24 bits per heavy atom. The smallest absolute Gasteiger partial charge is 0.259 e. The summed E-state index contributed by atoms with van der Waals surface area (Å²) in [6, 6.07) is 9.22. The van der Waals surface area contributed by atoms with Gasteiger partial charge in [0.2, 0.25) is 5.89 Å². The molecule has 0 unspecified atom stereocenters. The second-order valence-electron chi connectivity index (χ2n) is 7.91. The van der Waals surface area contributed by atoms with Crippen LogP contribution in [0.15, 0.2) is 34.7 Å². The summed E-state index contributed by atoms with van der Waals surface area (Å²) >= 11 is 13.4. The van der Waals surface area contributed by atoms with Crippen LogP contribution in [0.3, 0.4) is 0 Å². The molecule has 0 fully saturated rings. The molecule has 4 rings (SSSR count). The number of ether oxygens (including phenoxy) is 1. The van der Waals surface area contributed by atoms with E-state index in [0.717, 1.165) is 6.26 Å². The lowest BCUT2D eigenvalue weighted by atomic mass is 10.1. The Morgan fingerprint density at radius 2 is 2.03 bits per heavy atom. The van der Waals surface area contributed by atoms with Crippen LogP contribution >= 0.6 is 34.5 Å². The monoisotopic (exact) mass is 581 g/mol. The molecule has 14 heteroatoms. The van der Waals surface area contributed by atoms with Crippen LogP contribution in [0.25, 0.3) is 10.8 Å². The predicted octanol–water partition coefficient (Wildman–Crippen LogP) is 5.66. The Labute approximate surface area is 225 Å². The number of halogens is 3. The van der Waals surface area contributed by atoms with Crippen molar-refractivity contribution in [1.82, 2.24) is 15.2 Å². The van der Waals surface area contributed by atoms with E-state index in [2.05, 4.69) is 20.5 Å². The molecule has 0 amide bonds. The zero-order chi connectivity index (χ0) is 26.7. The molecular weight excluding hydrogens is 564 g/mol. The molecule has 9 nitrogen and oxygen atoms in total. The van der Waals surface area contributed by atoms with Crippen LogP contribution in [0, 0.1) is 24.1 Å². The van der Waals surface area contributed by atoms with Gasteiger partial charge in [0.15, 0.2) is 16.7 Å². The molecule has 0 saturated heterocycles. The number of benzene rings is 2. The van der Waals surface area contributed by atoms with E-state index in [9.17, 15) is 8.42 Å². The third-order valence-electron chi connectivity index (χ3n) is 4.90. The third kappa shape index (κ3) is 6.75. The maximum absolute atomic E-state index is 15.3. The van der Waals surface area contributed by atoms with Gasteiger partial charge in [-0.2, -0.15) is 5.26 Å². The molecule has 2 heterocycles. The Hall–Kier alpha value is -3.24. The highest BCUT2D eigenvalue weighted by Gasteiger charge is 2.20. The number of nitriles is 1. The highest BCUT2D eigenvalue weighted by atomic mass is 35.5. The molecule has 0 aliphatic carbocycles. The summed E-state index contributed by atoms with van der Waals surface area (Å²) in [5, 5.41) is 21.0. The van der Waals surface area contributed by atoms with Crippen molar-refractivity contribution in [3.63, 3.8) is 0 Å². The molecule has 0 bridgehead atoms. The molecule has 2 aromatic heterocycles. The highest BCUT2D eigenvalue weighted by Crippen LogP contribution is 2.36. The minimum atomic E-state index is -3.10. The summed E-state index contributed by atoms with van der Waals surface area (Å²) in [7, 11) is -3.10. The summed E-state index contributed by atoms with van der Waals surface area (Å²) in [5.41, 5.74) is 1.07. The largest absolute Gasteiger partial charge is 0.453 e. The lowest BCUT2D eigenvalue weighted by molar-refractivity contribution is 0.437. The van der Waals surface area contributed by atoms with E-state index in [1.165, 1.54) is 41.7 Å². The number of thiazole rings is 1. The van der Waals surface area contributed by atoms with E-state index in [0.29, 0.717) is 15.7 Å². The summed E-state index contributed by atoms with van der Waals surface area (Å²) < 4.78 is 49.3. The van der Waals surface area contributed by atoms with Crippen LogP contribution in [0.4, 0.5) is 9.52 Å². The van der Waals surface area contributed by atoms with E-state index < -0.39 is 15.7 Å². The van der Waals surface area contributed by atoms with E-state index in [1.54, 1.807) is 6.92 Å². The van der Waals surface area contributed by atoms with Gasteiger partial charge in [-0.15, -0.1) is 10.2 Å². The number of hydrogen-bond acceptors (Lipinski definition) is 10. The number of sulfone groups is 1. The van der Waals surface area contributed by atoms with Crippen molar-refractivity contribution in [3.05, 3.63) is 68.9 Å². The van der Waals surface area contributed by atoms with Crippen LogP contribution in [0.5, 0.6) is 11.5 Å². The number of aromatic nitrogens is 3. The molecule has 1 N–H and O–H groups in total. The van der Waals surface area contributed by atoms with E-state index >= 15 is 4.39 Å². The average molecular weight is 582 g/mol. The van der Waals surface area contributed by atoms with Crippen LogP contribution in [0.2, 0.25) is 10.0 Å². The number of anilines is 1. The number of hydrogen-bond donors (Lipinski definition) is 1. The van der Waals surface area contributed by atoms with Crippen molar-refractivity contribution in [2.24, 2.45) is 0 Å². The van der Waals surface area contributed by atoms with Gasteiger partial charge in [-0.1, -0.05) is 40.6 Å². The van der Waals surface area contributed by atoms with Crippen molar-refractivity contribution < 1.29 is 22.0 Å². The molecule has 0 saturated carbocycles. The quantitative estimate of drug-likeness (QED) is 0.266. The van der Waals surface area contributed by atoms with Gasteiger partial charge in [0.05, 0.1) is 34.5 Å². The fraction of sp³-hybridized carbons (Fsp3) is 0.217. The number of nitrogens with zero attached hydrogens (tertiary/aromatic N) is 4. The second kappa shape index (κ2) is 11.0. The standard InChI is InChI=1S/C23H18Cl2FN5O4S2/c1-12-21(36-23(29-12)28-5-6-37(2,32)33)22-31-30-18(35-22)9-14-3-4-17(25)20(19(14)26)34-16-8-13(11-27)7-15(24)10-16/h3-4,7-8,10H,5-6,9H2,1-2H3,(H,28,29). The molecule has 2 aromatic carbocycles. The molecule has 0 aliphatic heterocycles. The lowest BCUT2D eigenvalue weighted by Gasteiger charge is -2.11. The van der Waals surface area contributed by atoms with E-state index in [-0.39, 0.29) is 63.2 Å². The van der Waals surface area contributed by atoms with Gasteiger partial charge < -0.3 is 14.5 Å². The van der Waals surface area contributed by atoms with Crippen LogP contribution in [-0.2, 0) is 16.3 Å². The topological polar surface area (TPSA) is 131 Å². The molecule has 0 radical (unpaired) electrons. The van der Waals surface area contributed by atoms with Gasteiger partial charge in [-0.05, 0) is 31.2 Å². The number of rotatable bonds is 9. The van der Waals surface area contributed by atoms with Gasteiger partial charge in [-0.3, -0.25) is 0 Å². The third-order valence-corrected chi connectivity index (χ3v) is 7.46. The first kappa shape index (κ1) is 26.8. The van der Waals surface area contributed by atoms with Gasteiger partial charge >= 0.3 is 0 Å². The van der Waals surface area contributed by atoms with Crippen LogP contribution in [-0.4, -0.2) is 42.2 Å². The fourth-order valence-electron chi connectivity index (χ4n) is 3.20. The van der Waals surface area contributed by atoms with Crippen molar-refractivity contribution >= 4 is 49.5 Å². The van der Waals surface area contributed by atoms with Gasteiger partial charge in [0, 0.05) is 23.4 Å². The Balaban J connectivity index is 1.52. The normalized spacial score (nSPS) is 11.4. The van der Waals surface area contributed by atoms with Crippen LogP contribution in [0.1, 0.15) is 22.7 Å². The van der Waals surface area contributed by atoms with Crippen molar-refractivity contribution in [2.75, 3.05) is 23.9 Å². The maximum Gasteiger partial charge on any atom is 0.259 e. The Kier molecular flexibility index (Phi) is 7.99. The first-order valence-electron chi connectivity index (χ1n) is 10.6. The first-order valence-corrected chi connectivity index (χ1v) is 14.2. The fourth-order valence-corrected chi connectivity index (χ4v) is 5.00. The van der Waals surface area contributed by atoms with Gasteiger partial charge in [0.25, 0.3) is 5.89 Å². The second-order valence-corrected chi connectivity index (χ2v) is 12.0. The molecule has 0 aliphatic rings. The minimum absolute atomic E-state index is 0.0270. The first-order chi connectivity index (χ1) is 17.5.